The largest absolute Gasteiger partial charge is 0.454 e. The van der Waals surface area contributed by atoms with Crippen LogP contribution in [0.5, 0.6) is 0 Å². The molecule has 0 atom stereocenters. The van der Waals surface area contributed by atoms with E-state index in [1.165, 1.54) is 159 Å². The molecule has 0 radical (unpaired) electrons. The van der Waals surface area contributed by atoms with Crippen molar-refractivity contribution in [3.05, 3.63) is 459 Å². The van der Waals surface area contributed by atoms with Crippen molar-refractivity contribution in [3.8, 4) is 78.1 Å². The predicted molar refractivity (Wildman–Crippen MR) is 528 cm³/mol. The molecule has 5 nitrogen and oxygen atoms in total. The molecule has 2 aliphatic rings. The fraction of sp³-hybridized carbons (Fsp3) is 0.0500. The van der Waals surface area contributed by atoms with Crippen molar-refractivity contribution in [2.75, 3.05) is 9.80 Å². The average Bonchev–Trinajstić information content (AvgIpc) is 1.76. The molecule has 25 rings (SSSR count). The first kappa shape index (κ1) is 73.1. The molecule has 0 unspecified atom stereocenters. The van der Waals surface area contributed by atoms with Gasteiger partial charge in [-0.05, 0) is 255 Å². The van der Waals surface area contributed by atoms with Crippen LogP contribution in [0.15, 0.2) is 441 Å². The molecule has 3 aromatic heterocycles. The lowest BCUT2D eigenvalue weighted by Crippen LogP contribution is -2.16. The molecule has 0 saturated heterocycles. The zero-order chi connectivity index (χ0) is 83.2. The molecule has 0 bridgehead atoms. The molecule has 0 spiro atoms. The third-order valence-corrected chi connectivity index (χ3v) is 27.0. The van der Waals surface area contributed by atoms with E-state index in [1.807, 2.05) is 6.07 Å². The fourth-order valence-corrected chi connectivity index (χ4v) is 20.8. The van der Waals surface area contributed by atoms with Crippen molar-refractivity contribution in [1.29, 1.82) is 0 Å². The summed E-state index contributed by atoms with van der Waals surface area (Å²) in [6.45, 7) is 9.42. The van der Waals surface area contributed by atoms with Crippen molar-refractivity contribution in [2.24, 2.45) is 0 Å². The molecule has 0 aliphatic heterocycles. The molecule has 0 saturated carbocycles. The number of furan rings is 1. The Bertz CT molecular complexity index is 8220. The number of anilines is 6. The van der Waals surface area contributed by atoms with Gasteiger partial charge in [-0.3, -0.25) is 0 Å². The number of nitrogens with zero attached hydrogens (tertiary/aromatic N) is 4. The number of fused-ring (bicyclic) bond motifs is 21. The van der Waals surface area contributed by atoms with Gasteiger partial charge in [0.1, 0.15) is 5.58 Å². The first-order chi connectivity index (χ1) is 61.5. The summed E-state index contributed by atoms with van der Waals surface area (Å²) in [7, 11) is 0. The maximum Gasteiger partial charge on any atom is 0.159 e. The highest BCUT2D eigenvalue weighted by Gasteiger charge is 2.38. The summed E-state index contributed by atoms with van der Waals surface area (Å²) >= 11 is 0. The zero-order valence-corrected chi connectivity index (χ0v) is 69.8. The van der Waals surface area contributed by atoms with Gasteiger partial charge in [0.25, 0.3) is 0 Å². The Labute approximate surface area is 726 Å². The van der Waals surface area contributed by atoms with E-state index in [0.29, 0.717) is 0 Å². The standard InChI is InChI=1S/C63H44N2.C57H40N2O/c1-63(2)59-22-12-10-20-54(59)55-36-34-48(40-60(55)63)64(47-33-35-53-51-18-7-6-16-49(51)50-17-8-9-19-52(50)57(53)39-47)45-29-26-43(27-30-45)44-28-37-62-58(38-44)56-21-11-13-23-61(56)65(62)46-31-24-42(25-32-46)41-14-4-3-5-15-41;1-57(2)50-19-9-6-15-44(50)45-33-32-43(36-51(45)57)58(54-21-12-18-48-47-17-8-11-22-55(47)60-56(48)54)41-28-25-39(26-29-41)40-27-34-53-49(35-40)46-16-7-10-20-52(46)59(53)42-30-23-38(24-31-42)37-13-4-3-5-14-37/h3-40H,1-2H3;3-36H,1-2H3. The topological polar surface area (TPSA) is 29.5 Å². The summed E-state index contributed by atoms with van der Waals surface area (Å²) < 4.78 is 11.5. The molecule has 0 fully saturated rings. The van der Waals surface area contributed by atoms with Crippen LogP contribution in [0.25, 0.3) is 176 Å². The molecule has 5 heteroatoms. The monoisotopic (exact) mass is 1600 g/mol. The lowest BCUT2D eigenvalue weighted by Gasteiger charge is -2.28. The fourth-order valence-electron chi connectivity index (χ4n) is 20.8. The van der Waals surface area contributed by atoms with Crippen LogP contribution in [0.2, 0.25) is 0 Å². The van der Waals surface area contributed by atoms with Gasteiger partial charge in [-0.2, -0.15) is 0 Å². The minimum absolute atomic E-state index is 0.122. The minimum Gasteiger partial charge on any atom is -0.454 e. The van der Waals surface area contributed by atoms with Crippen LogP contribution in [0.3, 0.4) is 0 Å². The predicted octanol–water partition coefficient (Wildman–Crippen LogP) is 33.1. The van der Waals surface area contributed by atoms with Crippen LogP contribution in [0.1, 0.15) is 49.9 Å². The van der Waals surface area contributed by atoms with E-state index in [4.69, 9.17) is 4.42 Å². The molecule has 590 valence electrons. The number of para-hydroxylation sites is 4. The Kier molecular flexibility index (Phi) is 16.9. The van der Waals surface area contributed by atoms with Crippen LogP contribution in [0, 0.1) is 0 Å². The highest BCUT2D eigenvalue weighted by molar-refractivity contribution is 6.26. The first-order valence-corrected chi connectivity index (χ1v) is 43.4. The Morgan fingerprint density at radius 3 is 1.04 bits per heavy atom. The maximum atomic E-state index is 6.68. The van der Waals surface area contributed by atoms with Crippen LogP contribution in [-0.2, 0) is 10.8 Å². The Balaban J connectivity index is 0.000000141. The molecule has 23 aromatic rings. The second-order valence-corrected chi connectivity index (χ2v) is 34.6. The van der Waals surface area contributed by atoms with Crippen LogP contribution in [0.4, 0.5) is 34.1 Å². The first-order valence-electron chi connectivity index (χ1n) is 43.4. The summed E-state index contributed by atoms with van der Waals surface area (Å²) in [6.07, 6.45) is 0. The van der Waals surface area contributed by atoms with Crippen LogP contribution in [-0.4, -0.2) is 9.13 Å². The summed E-state index contributed by atoms with van der Waals surface area (Å²) in [4.78, 5) is 4.82. The molecule has 0 N–H and O–H groups in total. The molecule has 2 aliphatic carbocycles. The number of rotatable bonds is 12. The summed E-state index contributed by atoms with van der Waals surface area (Å²) in [5.41, 5.74) is 35.5. The Morgan fingerprint density at radius 1 is 0.200 bits per heavy atom. The van der Waals surface area contributed by atoms with E-state index in [0.717, 1.165) is 73.0 Å². The van der Waals surface area contributed by atoms with Gasteiger partial charge in [0.05, 0.1) is 27.8 Å². The van der Waals surface area contributed by atoms with Gasteiger partial charge in [0.15, 0.2) is 5.58 Å². The van der Waals surface area contributed by atoms with Gasteiger partial charge >= 0.3 is 0 Å². The maximum absolute atomic E-state index is 6.68. The number of benzene rings is 20. The highest BCUT2D eigenvalue weighted by atomic mass is 16.3. The molecule has 3 heterocycles. The smallest absolute Gasteiger partial charge is 0.159 e. The minimum atomic E-state index is -0.129. The molecular formula is C120H84N4O. The second-order valence-electron chi connectivity index (χ2n) is 34.6. The van der Waals surface area contributed by atoms with Crippen molar-refractivity contribution >= 4 is 132 Å². The van der Waals surface area contributed by atoms with Crippen molar-refractivity contribution < 1.29 is 4.42 Å². The summed E-state index contributed by atoms with van der Waals surface area (Å²) in [5.74, 6) is 0. The molecule has 125 heavy (non-hydrogen) atoms. The quantitative estimate of drug-likeness (QED) is 0.114. The van der Waals surface area contributed by atoms with E-state index in [2.05, 4.69) is 477 Å². The molecular weight excluding hydrogens is 1510 g/mol. The normalized spacial score (nSPS) is 12.9. The zero-order valence-electron chi connectivity index (χ0n) is 69.8. The van der Waals surface area contributed by atoms with Gasteiger partial charge < -0.3 is 23.4 Å². The molecule has 20 aromatic carbocycles. The van der Waals surface area contributed by atoms with E-state index in [9.17, 15) is 0 Å². The highest BCUT2D eigenvalue weighted by Crippen LogP contribution is 2.55. The van der Waals surface area contributed by atoms with Gasteiger partial charge in [-0.25, -0.2) is 0 Å². The third kappa shape index (κ3) is 11.9. The lowest BCUT2D eigenvalue weighted by atomic mass is 9.82. The third-order valence-electron chi connectivity index (χ3n) is 27.0. The van der Waals surface area contributed by atoms with E-state index in [-0.39, 0.29) is 10.8 Å². The SMILES string of the molecule is CC1(C)c2ccccc2-c2ccc(N(c3ccc(-c4ccc5c(c4)c4ccccc4n5-c4ccc(-c5ccccc5)cc4)cc3)c3ccc4c5ccccc5c5ccccc5c4c3)cc21.CC1(C)c2ccccc2-c2ccc(N(c3ccc(-c4ccc5c(c4)c4ccccc4n5-c4ccc(-c5ccccc5)cc4)cc3)c3cccc4c3oc3ccccc34)cc21. The van der Waals surface area contributed by atoms with E-state index >= 15 is 0 Å². The van der Waals surface area contributed by atoms with Crippen molar-refractivity contribution in [2.45, 2.75) is 38.5 Å². The van der Waals surface area contributed by atoms with Gasteiger partial charge in [0.2, 0.25) is 0 Å². The van der Waals surface area contributed by atoms with Gasteiger partial charge in [-0.1, -0.05) is 331 Å². The second kappa shape index (κ2) is 29.0. The number of hydrogen-bond acceptors (Lipinski definition) is 3. The van der Waals surface area contributed by atoms with Gasteiger partial charge in [0, 0.05) is 83.0 Å². The van der Waals surface area contributed by atoms with Crippen LogP contribution >= 0.6 is 0 Å². The van der Waals surface area contributed by atoms with Crippen molar-refractivity contribution in [1.82, 2.24) is 9.13 Å². The summed E-state index contributed by atoms with van der Waals surface area (Å²) in [5, 5.41) is 14.8. The van der Waals surface area contributed by atoms with Crippen molar-refractivity contribution in [3.63, 3.8) is 0 Å². The summed E-state index contributed by atoms with van der Waals surface area (Å²) in [6, 6.07) is 160. The number of aromatic nitrogens is 2. The molecule has 0 amide bonds. The average molecular weight is 1600 g/mol. The Morgan fingerprint density at radius 2 is 0.536 bits per heavy atom. The van der Waals surface area contributed by atoms with Crippen LogP contribution < -0.4 is 9.80 Å². The van der Waals surface area contributed by atoms with E-state index in [1.54, 1.807) is 0 Å². The Hall–Kier alpha value is -15.8. The van der Waals surface area contributed by atoms with Gasteiger partial charge in [-0.15, -0.1) is 0 Å². The lowest BCUT2D eigenvalue weighted by molar-refractivity contribution is 0.660. The number of hydrogen-bond donors (Lipinski definition) is 0. The van der Waals surface area contributed by atoms with E-state index < -0.39 is 0 Å².